The fraction of sp³-hybridized carbons (Fsp3) is 0.636. The van der Waals surface area contributed by atoms with Crippen LogP contribution in [0.5, 0.6) is 0 Å². The number of carbonyl (C=O) groups excluding carboxylic acids is 2. The third kappa shape index (κ3) is 4.67. The number of carbonyl (C=O) groups is 2. The minimum absolute atomic E-state index is 0.0986. The highest BCUT2D eigenvalue weighted by Gasteiger charge is 2.47. The normalized spacial score (nSPS) is 26.0. The van der Waals surface area contributed by atoms with Gasteiger partial charge in [0.1, 0.15) is 11.6 Å². The minimum Gasteiger partial charge on any atom is -0.345 e. The van der Waals surface area contributed by atoms with Gasteiger partial charge in [-0.15, -0.1) is 0 Å². The number of halogens is 2. The number of nitrogens with one attached hydrogen (secondary N) is 1. The van der Waals surface area contributed by atoms with Gasteiger partial charge in [0.05, 0.1) is 32.0 Å². The third-order valence-electron chi connectivity index (χ3n) is 6.54. The average molecular weight is 437 g/mol. The summed E-state index contributed by atoms with van der Waals surface area (Å²) < 4.78 is 38.9. The average Bonchev–Trinajstić information content (AvgIpc) is 2.75. The topological polar surface area (TPSA) is 71.1 Å². The number of hydrogen-bond donors (Lipinski definition) is 1. The monoisotopic (exact) mass is 437 g/mol. The fourth-order valence-corrected chi connectivity index (χ4v) is 4.76. The van der Waals surface area contributed by atoms with E-state index in [4.69, 9.17) is 9.47 Å². The first-order chi connectivity index (χ1) is 14.8. The molecule has 1 unspecified atom stereocenters. The molecule has 0 bridgehead atoms. The maximum absolute atomic E-state index is 13.9. The molecule has 2 saturated heterocycles. The second-order valence-electron chi connectivity index (χ2n) is 8.93. The van der Waals surface area contributed by atoms with E-state index < -0.39 is 23.5 Å². The Morgan fingerprint density at radius 2 is 1.65 bits per heavy atom. The highest BCUT2D eigenvalue weighted by molar-refractivity contribution is 5.89. The van der Waals surface area contributed by atoms with E-state index in [1.54, 1.807) is 4.90 Å². The molecule has 2 heterocycles. The molecule has 170 valence electrons. The van der Waals surface area contributed by atoms with Crippen molar-refractivity contribution in [2.45, 2.75) is 44.8 Å². The lowest BCUT2D eigenvalue weighted by Gasteiger charge is -2.49. The van der Waals surface area contributed by atoms with Crippen molar-refractivity contribution in [2.24, 2.45) is 5.41 Å². The summed E-state index contributed by atoms with van der Waals surface area (Å²) in [6, 6.07) is 2.45. The van der Waals surface area contributed by atoms with Crippen molar-refractivity contribution in [3.8, 4) is 0 Å². The van der Waals surface area contributed by atoms with Crippen LogP contribution >= 0.6 is 0 Å². The molecule has 4 rings (SSSR count). The fourth-order valence-electron chi connectivity index (χ4n) is 4.76. The van der Waals surface area contributed by atoms with Gasteiger partial charge in [0.2, 0.25) is 11.7 Å². The first-order valence-electron chi connectivity index (χ1n) is 10.9. The summed E-state index contributed by atoms with van der Waals surface area (Å²) in [6.07, 6.45) is 5.05. The van der Waals surface area contributed by atoms with Crippen molar-refractivity contribution in [2.75, 3.05) is 44.7 Å². The molecular weight excluding hydrogens is 408 g/mol. The van der Waals surface area contributed by atoms with E-state index in [1.165, 1.54) is 11.0 Å². The summed E-state index contributed by atoms with van der Waals surface area (Å²) in [5, 5.41) is 2.47. The molecule has 0 radical (unpaired) electrons. The van der Waals surface area contributed by atoms with Gasteiger partial charge in [0, 0.05) is 24.6 Å². The van der Waals surface area contributed by atoms with Gasteiger partial charge in [-0.1, -0.05) is 26.2 Å². The molecule has 1 saturated carbocycles. The molecule has 31 heavy (non-hydrogen) atoms. The zero-order valence-electron chi connectivity index (χ0n) is 17.8. The summed E-state index contributed by atoms with van der Waals surface area (Å²) in [5.74, 6) is -2.54. The lowest BCUT2D eigenvalue weighted by Crippen LogP contribution is -2.65. The number of morpholine rings is 2. The van der Waals surface area contributed by atoms with E-state index >= 15 is 0 Å². The van der Waals surface area contributed by atoms with Crippen LogP contribution in [0.4, 0.5) is 19.3 Å². The van der Waals surface area contributed by atoms with Crippen molar-refractivity contribution in [3.63, 3.8) is 0 Å². The van der Waals surface area contributed by atoms with Crippen LogP contribution in [-0.2, 0) is 14.3 Å². The standard InChI is InChI=1S/C22H29F2N3O4/c1-21(7-3-2-4-8-21)19(28)26-9-11-30-22(14-26)15-27(10-12-31-22)20(29)25-18-6-5-16(23)13-17(18)24/h5-6,13H,2-4,7-12,14-15H2,1H3,(H,25,29). The molecule has 3 aliphatic rings. The van der Waals surface area contributed by atoms with E-state index in [-0.39, 0.29) is 36.7 Å². The van der Waals surface area contributed by atoms with Crippen LogP contribution in [0.3, 0.4) is 0 Å². The second-order valence-corrected chi connectivity index (χ2v) is 8.93. The number of amides is 3. The maximum Gasteiger partial charge on any atom is 0.322 e. The summed E-state index contributed by atoms with van der Waals surface area (Å²) >= 11 is 0. The van der Waals surface area contributed by atoms with Gasteiger partial charge in [-0.2, -0.15) is 0 Å². The van der Waals surface area contributed by atoms with Crippen LogP contribution < -0.4 is 5.32 Å². The van der Waals surface area contributed by atoms with Crippen molar-refractivity contribution < 1.29 is 27.8 Å². The molecule has 9 heteroatoms. The third-order valence-corrected chi connectivity index (χ3v) is 6.54. The number of urea groups is 1. The summed E-state index contributed by atoms with van der Waals surface area (Å²) in [7, 11) is 0. The number of ether oxygens (including phenoxy) is 2. The van der Waals surface area contributed by atoms with Crippen LogP contribution in [-0.4, -0.2) is 66.9 Å². The van der Waals surface area contributed by atoms with Crippen molar-refractivity contribution >= 4 is 17.6 Å². The first-order valence-corrected chi connectivity index (χ1v) is 10.9. The molecule has 1 spiro atoms. The predicted molar refractivity (Wildman–Crippen MR) is 109 cm³/mol. The van der Waals surface area contributed by atoms with E-state index in [0.29, 0.717) is 19.7 Å². The number of anilines is 1. The van der Waals surface area contributed by atoms with Gasteiger partial charge in [0.25, 0.3) is 0 Å². The van der Waals surface area contributed by atoms with Gasteiger partial charge in [0.15, 0.2) is 0 Å². The molecule has 7 nitrogen and oxygen atoms in total. The zero-order valence-corrected chi connectivity index (χ0v) is 17.8. The molecule has 0 aromatic heterocycles. The number of hydrogen-bond acceptors (Lipinski definition) is 4. The van der Waals surface area contributed by atoms with Crippen LogP contribution in [0, 0.1) is 17.0 Å². The molecule has 3 amide bonds. The Bertz CT molecular complexity index is 842. The van der Waals surface area contributed by atoms with Gasteiger partial charge < -0.3 is 24.6 Å². The van der Waals surface area contributed by atoms with Gasteiger partial charge >= 0.3 is 6.03 Å². The Hall–Kier alpha value is -2.26. The quantitative estimate of drug-likeness (QED) is 0.770. The predicted octanol–water partition coefficient (Wildman–Crippen LogP) is 3.35. The number of rotatable bonds is 2. The SMILES string of the molecule is CC1(C(=O)N2CCOC3(CN(C(=O)Nc4ccc(F)cc4F)CCO3)C2)CCCCC1. The number of benzene rings is 1. The smallest absolute Gasteiger partial charge is 0.322 e. The Morgan fingerprint density at radius 1 is 1.00 bits per heavy atom. The van der Waals surface area contributed by atoms with E-state index in [9.17, 15) is 18.4 Å². The molecule has 1 N–H and O–H groups in total. The maximum atomic E-state index is 13.9. The lowest BCUT2D eigenvalue weighted by atomic mass is 9.74. The van der Waals surface area contributed by atoms with Crippen molar-refractivity contribution in [1.82, 2.24) is 9.80 Å². The second kappa shape index (κ2) is 8.70. The summed E-state index contributed by atoms with van der Waals surface area (Å²) in [4.78, 5) is 29.3. The van der Waals surface area contributed by atoms with E-state index in [0.717, 1.165) is 44.2 Å². The Balaban J connectivity index is 1.42. The number of nitrogens with zero attached hydrogens (tertiary/aromatic N) is 2. The molecule has 1 aromatic rings. The lowest BCUT2D eigenvalue weighted by molar-refractivity contribution is -0.285. The highest BCUT2D eigenvalue weighted by Crippen LogP contribution is 2.38. The van der Waals surface area contributed by atoms with Crippen LogP contribution in [0.1, 0.15) is 39.0 Å². The molecular formula is C22H29F2N3O4. The molecule has 3 fully saturated rings. The van der Waals surface area contributed by atoms with Crippen LogP contribution in [0.2, 0.25) is 0 Å². The minimum atomic E-state index is -1.10. The Kier molecular flexibility index (Phi) is 6.16. The molecule has 1 aromatic carbocycles. The van der Waals surface area contributed by atoms with Crippen molar-refractivity contribution in [1.29, 1.82) is 0 Å². The van der Waals surface area contributed by atoms with Gasteiger partial charge in [-0.25, -0.2) is 13.6 Å². The largest absolute Gasteiger partial charge is 0.345 e. The van der Waals surface area contributed by atoms with E-state index in [1.807, 2.05) is 6.92 Å². The zero-order chi connectivity index (χ0) is 22.1. The van der Waals surface area contributed by atoms with Crippen LogP contribution in [0.15, 0.2) is 18.2 Å². The highest BCUT2D eigenvalue weighted by atomic mass is 19.1. The Labute approximate surface area is 180 Å². The Morgan fingerprint density at radius 3 is 2.32 bits per heavy atom. The van der Waals surface area contributed by atoms with Gasteiger partial charge in [-0.05, 0) is 25.0 Å². The van der Waals surface area contributed by atoms with Gasteiger partial charge in [-0.3, -0.25) is 4.79 Å². The summed E-state index contributed by atoms with van der Waals surface area (Å²) in [5.41, 5.74) is -0.457. The molecule has 2 aliphatic heterocycles. The molecule has 1 atom stereocenters. The van der Waals surface area contributed by atoms with Crippen LogP contribution in [0.25, 0.3) is 0 Å². The van der Waals surface area contributed by atoms with E-state index in [2.05, 4.69) is 5.32 Å². The van der Waals surface area contributed by atoms with Crippen molar-refractivity contribution in [3.05, 3.63) is 29.8 Å². The first kappa shape index (κ1) is 22.0. The summed E-state index contributed by atoms with van der Waals surface area (Å²) in [6.45, 7) is 3.74. The molecule has 1 aliphatic carbocycles.